The van der Waals surface area contributed by atoms with E-state index in [1.165, 1.54) is 25.7 Å². The van der Waals surface area contributed by atoms with Crippen LogP contribution in [0.2, 0.25) is 0 Å². The first-order valence-electron chi connectivity index (χ1n) is 7.29. The Morgan fingerprint density at radius 1 is 1.22 bits per heavy atom. The molecule has 0 saturated carbocycles. The number of hydrazine groups is 1. The van der Waals surface area contributed by atoms with Gasteiger partial charge in [-0.25, -0.2) is 8.42 Å². The number of unbranched alkanes of at least 4 members (excludes halogenated alkanes) is 4. The fourth-order valence-corrected chi connectivity index (χ4v) is 4.93. The highest BCUT2D eigenvalue weighted by atomic mass is 32.2. The summed E-state index contributed by atoms with van der Waals surface area (Å²) in [5, 5.41) is -0.262. The Morgan fingerprint density at radius 3 is 2.56 bits per heavy atom. The number of nitrogens with two attached hydrogens (primary N) is 1. The van der Waals surface area contributed by atoms with Gasteiger partial charge in [0.05, 0.1) is 11.0 Å². The van der Waals surface area contributed by atoms with E-state index in [0.29, 0.717) is 5.75 Å². The maximum atomic E-state index is 12.0. The van der Waals surface area contributed by atoms with Crippen LogP contribution in [0.1, 0.15) is 64.7 Å². The molecule has 1 aliphatic rings. The Morgan fingerprint density at radius 2 is 1.94 bits per heavy atom. The van der Waals surface area contributed by atoms with Gasteiger partial charge in [0.2, 0.25) is 0 Å². The van der Waals surface area contributed by atoms with Gasteiger partial charge in [0.25, 0.3) is 0 Å². The van der Waals surface area contributed by atoms with Crippen molar-refractivity contribution in [3.8, 4) is 0 Å². The Labute approximate surface area is 112 Å². The Bertz CT molecular complexity index is 317. The van der Waals surface area contributed by atoms with Crippen LogP contribution >= 0.6 is 0 Å². The van der Waals surface area contributed by atoms with E-state index in [0.717, 1.165) is 32.1 Å². The van der Waals surface area contributed by atoms with Crippen LogP contribution < -0.4 is 11.3 Å². The normalized spacial score (nSPS) is 24.9. The van der Waals surface area contributed by atoms with Gasteiger partial charge in [0, 0.05) is 6.04 Å². The molecule has 0 aromatic rings. The monoisotopic (exact) mass is 276 g/mol. The lowest BCUT2D eigenvalue weighted by atomic mass is 10.0. The zero-order chi connectivity index (χ0) is 13.4. The second kappa shape index (κ2) is 8.12. The van der Waals surface area contributed by atoms with Gasteiger partial charge >= 0.3 is 0 Å². The van der Waals surface area contributed by atoms with Crippen molar-refractivity contribution in [3.63, 3.8) is 0 Å². The fraction of sp³-hybridized carbons (Fsp3) is 1.00. The lowest BCUT2D eigenvalue weighted by Gasteiger charge is -2.29. The van der Waals surface area contributed by atoms with Crippen molar-refractivity contribution >= 4 is 9.84 Å². The summed E-state index contributed by atoms with van der Waals surface area (Å²) >= 11 is 0. The van der Waals surface area contributed by atoms with Crippen molar-refractivity contribution in [3.05, 3.63) is 0 Å². The van der Waals surface area contributed by atoms with Gasteiger partial charge in [0.1, 0.15) is 0 Å². The van der Waals surface area contributed by atoms with Gasteiger partial charge in [0.15, 0.2) is 9.84 Å². The number of sulfone groups is 1. The first kappa shape index (κ1) is 15.9. The highest BCUT2D eigenvalue weighted by molar-refractivity contribution is 7.92. The second-order valence-corrected chi connectivity index (χ2v) is 7.72. The Balaban J connectivity index is 2.39. The molecule has 0 bridgehead atoms. The lowest BCUT2D eigenvalue weighted by Crippen LogP contribution is -2.49. The zero-order valence-corrected chi connectivity index (χ0v) is 12.3. The summed E-state index contributed by atoms with van der Waals surface area (Å²) in [6, 6.07) is -0.0584. The maximum Gasteiger partial charge on any atom is 0.154 e. The Kier molecular flexibility index (Phi) is 7.19. The quantitative estimate of drug-likeness (QED) is 0.405. The highest BCUT2D eigenvalue weighted by Crippen LogP contribution is 2.24. The van der Waals surface area contributed by atoms with Crippen LogP contribution in [0.15, 0.2) is 0 Å². The van der Waals surface area contributed by atoms with Crippen LogP contribution in [0.3, 0.4) is 0 Å². The molecule has 2 unspecified atom stereocenters. The van der Waals surface area contributed by atoms with E-state index in [9.17, 15) is 8.42 Å². The molecule has 1 fully saturated rings. The van der Waals surface area contributed by atoms with Crippen molar-refractivity contribution in [1.82, 2.24) is 5.43 Å². The van der Waals surface area contributed by atoms with Crippen LogP contribution in [0.5, 0.6) is 0 Å². The molecule has 2 atom stereocenters. The van der Waals surface area contributed by atoms with Crippen molar-refractivity contribution in [2.45, 2.75) is 76.0 Å². The van der Waals surface area contributed by atoms with E-state index < -0.39 is 9.84 Å². The molecule has 4 nitrogen and oxygen atoms in total. The molecule has 0 radical (unpaired) electrons. The third kappa shape index (κ3) is 4.86. The topological polar surface area (TPSA) is 72.2 Å². The van der Waals surface area contributed by atoms with E-state index in [4.69, 9.17) is 5.84 Å². The average molecular weight is 276 g/mol. The molecule has 0 aromatic heterocycles. The summed E-state index contributed by atoms with van der Waals surface area (Å²) in [5.74, 6) is 5.89. The molecule has 108 valence electrons. The molecule has 1 saturated heterocycles. The molecular weight excluding hydrogens is 248 g/mol. The van der Waals surface area contributed by atoms with E-state index >= 15 is 0 Å². The smallest absolute Gasteiger partial charge is 0.154 e. The third-order valence-electron chi connectivity index (χ3n) is 3.91. The van der Waals surface area contributed by atoms with Gasteiger partial charge in [-0.15, -0.1) is 0 Å². The third-order valence-corrected chi connectivity index (χ3v) is 6.25. The van der Waals surface area contributed by atoms with E-state index in [2.05, 4.69) is 12.3 Å². The molecule has 18 heavy (non-hydrogen) atoms. The molecule has 0 aliphatic carbocycles. The molecule has 5 heteroatoms. The standard InChI is InChI=1S/C13H28N2O2S/c1-2-3-4-5-6-9-12(15-14)13-10-7-8-11-18(13,16)17/h12-13,15H,2-11,14H2,1H3. The first-order chi connectivity index (χ1) is 8.61. The number of rotatable bonds is 8. The predicted octanol–water partition coefficient (Wildman–Crippen LogP) is 2.15. The fourth-order valence-electron chi connectivity index (χ4n) is 2.78. The maximum absolute atomic E-state index is 12.0. The molecule has 1 rings (SSSR count). The number of nitrogens with one attached hydrogen (secondary N) is 1. The summed E-state index contributed by atoms with van der Waals surface area (Å²) in [6.45, 7) is 2.19. The van der Waals surface area contributed by atoms with Crippen LogP contribution in [-0.2, 0) is 9.84 Å². The molecule has 1 aliphatic heterocycles. The number of hydrogen-bond acceptors (Lipinski definition) is 4. The average Bonchev–Trinajstić information content (AvgIpc) is 2.34. The number of hydrogen-bond donors (Lipinski definition) is 2. The Hall–Kier alpha value is -0.130. The minimum atomic E-state index is -2.92. The van der Waals surface area contributed by atoms with Crippen LogP contribution in [0.25, 0.3) is 0 Å². The van der Waals surface area contributed by atoms with E-state index in [1.807, 2.05) is 0 Å². The summed E-state index contributed by atoms with van der Waals surface area (Å²) in [7, 11) is -2.92. The predicted molar refractivity (Wildman–Crippen MR) is 75.9 cm³/mol. The van der Waals surface area contributed by atoms with Crippen molar-refractivity contribution in [2.75, 3.05) is 5.75 Å². The van der Waals surface area contributed by atoms with Crippen molar-refractivity contribution in [2.24, 2.45) is 5.84 Å². The zero-order valence-electron chi connectivity index (χ0n) is 11.5. The SMILES string of the molecule is CCCCCCCC(NN)C1CCCCS1(=O)=O. The van der Waals surface area contributed by atoms with E-state index in [1.54, 1.807) is 0 Å². The molecule has 1 heterocycles. The van der Waals surface area contributed by atoms with Crippen molar-refractivity contribution in [1.29, 1.82) is 0 Å². The van der Waals surface area contributed by atoms with Crippen LogP contribution in [0, 0.1) is 0 Å². The minimum Gasteiger partial charge on any atom is -0.271 e. The van der Waals surface area contributed by atoms with E-state index in [-0.39, 0.29) is 11.3 Å². The van der Waals surface area contributed by atoms with Gasteiger partial charge in [-0.05, 0) is 19.3 Å². The highest BCUT2D eigenvalue weighted by Gasteiger charge is 2.34. The van der Waals surface area contributed by atoms with Gasteiger partial charge in [-0.1, -0.05) is 45.4 Å². The molecule has 3 N–H and O–H groups in total. The first-order valence-corrected chi connectivity index (χ1v) is 9.01. The minimum absolute atomic E-state index is 0.0584. The molecule has 0 aromatic carbocycles. The summed E-state index contributed by atoms with van der Waals surface area (Å²) < 4.78 is 24.0. The summed E-state index contributed by atoms with van der Waals surface area (Å²) in [5.41, 5.74) is 2.74. The molecule has 0 spiro atoms. The second-order valence-electron chi connectivity index (χ2n) is 5.38. The van der Waals surface area contributed by atoms with Gasteiger partial charge in [-0.2, -0.15) is 0 Å². The van der Waals surface area contributed by atoms with Gasteiger partial charge < -0.3 is 0 Å². The molecular formula is C13H28N2O2S. The molecule has 0 amide bonds. The van der Waals surface area contributed by atoms with Crippen LogP contribution in [0.4, 0.5) is 0 Å². The summed E-state index contributed by atoms with van der Waals surface area (Å²) in [4.78, 5) is 0. The van der Waals surface area contributed by atoms with Gasteiger partial charge in [-0.3, -0.25) is 11.3 Å². The van der Waals surface area contributed by atoms with Crippen LogP contribution in [-0.4, -0.2) is 25.5 Å². The summed E-state index contributed by atoms with van der Waals surface area (Å²) in [6.07, 6.45) is 9.46. The lowest BCUT2D eigenvalue weighted by molar-refractivity contribution is 0.408. The largest absolute Gasteiger partial charge is 0.271 e. The van der Waals surface area contributed by atoms with Crippen molar-refractivity contribution < 1.29 is 8.42 Å².